The molecular formula is C14H33NO3Si3. The van der Waals surface area contributed by atoms with E-state index < -0.39 is 26.2 Å². The summed E-state index contributed by atoms with van der Waals surface area (Å²) in [5, 5.41) is 2.87. The van der Waals surface area contributed by atoms with Crippen molar-refractivity contribution >= 4 is 32.1 Å². The minimum absolute atomic E-state index is 0.0418. The highest BCUT2D eigenvalue weighted by molar-refractivity contribution is 6.71. The van der Waals surface area contributed by atoms with Crippen LogP contribution in [0.25, 0.3) is 0 Å². The lowest BCUT2D eigenvalue weighted by Crippen LogP contribution is -2.43. The number of carbonyl (C=O) groups excluding carboxylic acids is 1. The van der Waals surface area contributed by atoms with Crippen molar-refractivity contribution in [3.8, 4) is 0 Å². The predicted molar refractivity (Wildman–Crippen MR) is 98.4 cm³/mol. The van der Waals surface area contributed by atoms with Crippen LogP contribution in [0, 0.1) is 0 Å². The maximum atomic E-state index is 11.4. The van der Waals surface area contributed by atoms with Gasteiger partial charge in [-0.2, -0.15) is 0 Å². The minimum Gasteiger partial charge on any atom is -0.398 e. The molecule has 0 aromatic rings. The van der Waals surface area contributed by atoms with E-state index in [0.717, 1.165) is 12.5 Å². The van der Waals surface area contributed by atoms with E-state index in [1.807, 2.05) is 0 Å². The van der Waals surface area contributed by atoms with E-state index in [4.69, 9.17) is 8.85 Å². The summed E-state index contributed by atoms with van der Waals surface area (Å²) in [5.74, 6) is -0.00918. The third-order valence-corrected chi connectivity index (χ3v) is 6.83. The van der Waals surface area contributed by atoms with Gasteiger partial charge in [0, 0.05) is 12.1 Å². The molecule has 0 bridgehead atoms. The van der Waals surface area contributed by atoms with Crippen LogP contribution in [0.15, 0.2) is 12.2 Å². The van der Waals surface area contributed by atoms with Gasteiger partial charge >= 0.3 is 0 Å². The average molecular weight is 348 g/mol. The molecule has 0 fully saturated rings. The Kier molecular flexibility index (Phi) is 8.95. The van der Waals surface area contributed by atoms with Crippen molar-refractivity contribution in [3.05, 3.63) is 12.2 Å². The molecule has 0 atom stereocenters. The van der Waals surface area contributed by atoms with Crippen molar-refractivity contribution in [2.45, 2.75) is 64.6 Å². The van der Waals surface area contributed by atoms with Crippen molar-refractivity contribution in [2.75, 3.05) is 6.54 Å². The molecule has 0 saturated heterocycles. The van der Waals surface area contributed by atoms with Gasteiger partial charge in [0.2, 0.25) is 5.91 Å². The summed E-state index contributed by atoms with van der Waals surface area (Å²) in [6, 6.07) is 1.12. The lowest BCUT2D eigenvalue weighted by Gasteiger charge is -2.31. The maximum Gasteiger partial charge on any atom is 0.246 e. The molecule has 0 aromatic carbocycles. The Balaban J connectivity index is 4.13. The normalized spacial score (nSPS) is 13.1. The van der Waals surface area contributed by atoms with Gasteiger partial charge in [0.1, 0.15) is 5.91 Å². The zero-order valence-corrected chi connectivity index (χ0v) is 18.3. The molecule has 1 N–H and O–H groups in total. The number of hydrogen-bond acceptors (Lipinski definition) is 3. The van der Waals surface area contributed by atoms with E-state index in [1.165, 1.54) is 0 Å². The second kappa shape index (κ2) is 9.04. The molecule has 0 aliphatic carbocycles. The first-order chi connectivity index (χ1) is 9.41. The molecular weight excluding hydrogens is 314 g/mol. The van der Waals surface area contributed by atoms with E-state index in [0.29, 0.717) is 12.1 Å². The highest BCUT2D eigenvalue weighted by Gasteiger charge is 2.26. The number of rotatable bonds is 10. The summed E-state index contributed by atoms with van der Waals surface area (Å²) in [4.78, 5) is 11.4. The van der Waals surface area contributed by atoms with Gasteiger partial charge in [0.25, 0.3) is 0 Å². The van der Waals surface area contributed by atoms with E-state index in [1.54, 1.807) is 6.92 Å². The van der Waals surface area contributed by atoms with Gasteiger partial charge in [-0.05, 0) is 52.6 Å². The van der Waals surface area contributed by atoms with Gasteiger partial charge in [-0.25, -0.2) is 0 Å². The maximum absolute atomic E-state index is 11.4. The van der Waals surface area contributed by atoms with Gasteiger partial charge in [0.05, 0.1) is 9.52 Å². The number of nitrogens with one attached hydrogen (secondary N) is 1. The lowest BCUT2D eigenvalue weighted by molar-refractivity contribution is -0.117. The summed E-state index contributed by atoms with van der Waals surface area (Å²) in [5.41, 5.74) is 0.564. The molecule has 0 radical (unpaired) electrons. The summed E-state index contributed by atoms with van der Waals surface area (Å²) in [6.45, 7) is 19.3. The molecule has 0 unspecified atom stereocenters. The summed E-state index contributed by atoms with van der Waals surface area (Å²) in [6.07, 6.45) is 0.992. The molecule has 0 rings (SSSR count). The Morgan fingerprint density at radius 1 is 1.14 bits per heavy atom. The molecule has 21 heavy (non-hydrogen) atoms. The van der Waals surface area contributed by atoms with Crippen LogP contribution >= 0.6 is 0 Å². The topological polar surface area (TPSA) is 47.6 Å². The molecule has 4 nitrogen and oxygen atoms in total. The largest absolute Gasteiger partial charge is 0.398 e. The number of carbonyl (C=O) groups is 1. The van der Waals surface area contributed by atoms with E-state index in [9.17, 15) is 4.79 Å². The van der Waals surface area contributed by atoms with Gasteiger partial charge in [0.15, 0.2) is 16.6 Å². The fraction of sp³-hybridized carbons (Fsp3) is 0.786. The highest BCUT2D eigenvalue weighted by atomic mass is 28.4. The Hall–Kier alpha value is -0.219. The molecule has 0 heterocycles. The van der Waals surface area contributed by atoms with E-state index in [2.05, 4.69) is 51.2 Å². The molecule has 0 aliphatic rings. The van der Waals surface area contributed by atoms with Gasteiger partial charge in [-0.1, -0.05) is 12.6 Å². The van der Waals surface area contributed by atoms with Crippen molar-refractivity contribution < 1.29 is 13.6 Å². The predicted octanol–water partition coefficient (Wildman–Crippen LogP) is 2.64. The molecule has 7 heteroatoms. The van der Waals surface area contributed by atoms with Crippen LogP contribution < -0.4 is 5.32 Å². The second-order valence-corrected chi connectivity index (χ2v) is 18.3. The Labute approximate surface area is 134 Å². The van der Waals surface area contributed by atoms with Crippen LogP contribution in [-0.2, 0) is 13.6 Å². The molecule has 0 aromatic heterocycles. The van der Waals surface area contributed by atoms with Crippen LogP contribution in [0.2, 0.25) is 45.3 Å². The molecule has 1 amide bonds. The van der Waals surface area contributed by atoms with Crippen LogP contribution in [-0.4, -0.2) is 44.5 Å². The monoisotopic (exact) mass is 347 g/mol. The van der Waals surface area contributed by atoms with Crippen LogP contribution in [0.5, 0.6) is 0 Å². The Morgan fingerprint density at radius 2 is 1.62 bits per heavy atom. The molecule has 124 valence electrons. The lowest BCUT2D eigenvalue weighted by atomic mass is 10.3. The van der Waals surface area contributed by atoms with Crippen molar-refractivity contribution in [1.82, 2.24) is 5.32 Å². The van der Waals surface area contributed by atoms with Gasteiger partial charge in [-0.3, -0.25) is 4.79 Å². The van der Waals surface area contributed by atoms with Crippen molar-refractivity contribution in [3.63, 3.8) is 0 Å². The first kappa shape index (κ1) is 20.8. The van der Waals surface area contributed by atoms with Crippen LogP contribution in [0.4, 0.5) is 0 Å². The molecule has 0 spiro atoms. The fourth-order valence-electron chi connectivity index (χ4n) is 1.72. The zero-order chi connectivity index (χ0) is 16.7. The Bertz CT molecular complexity index is 332. The van der Waals surface area contributed by atoms with Gasteiger partial charge in [-0.15, -0.1) is 0 Å². The summed E-state index contributed by atoms with van der Waals surface area (Å²) >= 11 is 0. The second-order valence-electron chi connectivity index (χ2n) is 7.42. The number of hydrogen-bond donors (Lipinski definition) is 1. The SMILES string of the molecule is C=C(C)C(=O)NCCC[SiH2]C(O[Si](C)(C)C)O[Si](C)(C)C. The van der Waals surface area contributed by atoms with Crippen molar-refractivity contribution in [2.24, 2.45) is 0 Å². The van der Waals surface area contributed by atoms with E-state index in [-0.39, 0.29) is 11.8 Å². The standard InChI is InChI=1S/C14H33NO3Si3/c1-12(2)13(16)15-10-9-11-19-14(17-20(3,4)5)18-21(6,7)8/h14H,1,9-11,19H2,2-8H3,(H,15,16). The molecule has 0 aliphatic heterocycles. The van der Waals surface area contributed by atoms with Crippen LogP contribution in [0.1, 0.15) is 13.3 Å². The van der Waals surface area contributed by atoms with Gasteiger partial charge < -0.3 is 14.2 Å². The van der Waals surface area contributed by atoms with Crippen LogP contribution in [0.3, 0.4) is 0 Å². The number of amides is 1. The molecule has 0 saturated carbocycles. The Morgan fingerprint density at radius 3 is 2.00 bits per heavy atom. The van der Waals surface area contributed by atoms with E-state index >= 15 is 0 Å². The first-order valence-corrected chi connectivity index (χ1v) is 16.3. The van der Waals surface area contributed by atoms with Crippen molar-refractivity contribution in [1.29, 1.82) is 0 Å². The smallest absolute Gasteiger partial charge is 0.246 e. The quantitative estimate of drug-likeness (QED) is 0.286. The summed E-state index contributed by atoms with van der Waals surface area (Å²) < 4.78 is 12.4. The third kappa shape index (κ3) is 13.2. The third-order valence-electron chi connectivity index (χ3n) is 2.51. The summed E-state index contributed by atoms with van der Waals surface area (Å²) in [7, 11) is -3.59. The minimum atomic E-state index is -1.57. The zero-order valence-electron chi connectivity index (χ0n) is 14.8. The highest BCUT2D eigenvalue weighted by Crippen LogP contribution is 2.14. The first-order valence-electron chi connectivity index (χ1n) is 7.70. The average Bonchev–Trinajstić information content (AvgIpc) is 2.23. The fourth-order valence-corrected chi connectivity index (χ4v) is 8.30.